The average Bonchev–Trinajstić information content (AvgIpc) is 2.31. The van der Waals surface area contributed by atoms with Gasteiger partial charge in [-0.3, -0.25) is 4.79 Å². The first-order valence-electron chi connectivity index (χ1n) is 6.78. The van der Waals surface area contributed by atoms with Crippen LogP contribution in [0.5, 0.6) is 0 Å². The van der Waals surface area contributed by atoms with Crippen LogP contribution in [0.15, 0.2) is 0 Å². The van der Waals surface area contributed by atoms with E-state index in [2.05, 4.69) is 24.2 Å². The number of rotatable bonds is 6. The molecular weight excluding hydrogens is 216 g/mol. The van der Waals surface area contributed by atoms with Gasteiger partial charge in [-0.15, -0.1) is 0 Å². The van der Waals surface area contributed by atoms with Gasteiger partial charge in [0.1, 0.15) is 6.04 Å². The predicted molar refractivity (Wildman–Crippen MR) is 69.0 cm³/mol. The second-order valence-electron chi connectivity index (χ2n) is 4.84. The van der Waals surface area contributed by atoms with Gasteiger partial charge in [-0.2, -0.15) is 0 Å². The number of ether oxygens (including phenoxy) is 1. The molecule has 0 aliphatic carbocycles. The average molecular weight is 242 g/mol. The molecule has 1 rings (SSSR count). The third-order valence-electron chi connectivity index (χ3n) is 3.30. The van der Waals surface area contributed by atoms with Crippen molar-refractivity contribution >= 4 is 5.97 Å². The molecular formula is C13H26N2O2. The first kappa shape index (κ1) is 14.5. The van der Waals surface area contributed by atoms with E-state index in [0.717, 1.165) is 38.8 Å². The molecule has 0 spiro atoms. The monoisotopic (exact) mass is 242 g/mol. The molecule has 0 aromatic rings. The van der Waals surface area contributed by atoms with Gasteiger partial charge in [0.2, 0.25) is 0 Å². The summed E-state index contributed by atoms with van der Waals surface area (Å²) in [6.07, 6.45) is 4.11. The summed E-state index contributed by atoms with van der Waals surface area (Å²) in [6, 6.07) is 0.348. The van der Waals surface area contributed by atoms with E-state index in [1.807, 2.05) is 6.92 Å². The molecule has 1 fully saturated rings. The summed E-state index contributed by atoms with van der Waals surface area (Å²) >= 11 is 0. The Kier molecular flexibility index (Phi) is 6.52. The smallest absolute Gasteiger partial charge is 0.323 e. The number of hydrogen-bond acceptors (Lipinski definition) is 4. The molecule has 0 bridgehead atoms. The zero-order valence-electron chi connectivity index (χ0n) is 11.4. The summed E-state index contributed by atoms with van der Waals surface area (Å²) in [5.41, 5.74) is 0. The highest BCUT2D eigenvalue weighted by Crippen LogP contribution is 2.11. The number of nitrogens with zero attached hydrogens (tertiary/aromatic N) is 1. The van der Waals surface area contributed by atoms with Crippen molar-refractivity contribution in [3.63, 3.8) is 0 Å². The molecule has 4 nitrogen and oxygen atoms in total. The number of hydrogen-bond donors (Lipinski definition) is 1. The number of nitrogens with one attached hydrogen (secondary N) is 1. The van der Waals surface area contributed by atoms with Gasteiger partial charge in [-0.1, -0.05) is 13.3 Å². The van der Waals surface area contributed by atoms with Crippen molar-refractivity contribution in [1.29, 1.82) is 0 Å². The van der Waals surface area contributed by atoms with Crippen LogP contribution in [-0.4, -0.2) is 49.7 Å². The highest BCUT2D eigenvalue weighted by molar-refractivity contribution is 5.75. The largest absolute Gasteiger partial charge is 0.465 e. The van der Waals surface area contributed by atoms with E-state index < -0.39 is 0 Å². The molecule has 1 N–H and O–H groups in total. The summed E-state index contributed by atoms with van der Waals surface area (Å²) in [6.45, 7) is 6.64. The second kappa shape index (κ2) is 7.67. The van der Waals surface area contributed by atoms with Gasteiger partial charge < -0.3 is 15.0 Å². The first-order valence-corrected chi connectivity index (χ1v) is 6.78. The lowest BCUT2D eigenvalue weighted by Crippen LogP contribution is -2.48. The number of piperidine rings is 1. The molecule has 17 heavy (non-hydrogen) atoms. The molecule has 1 saturated heterocycles. The highest BCUT2D eigenvalue weighted by atomic mass is 16.5. The molecule has 0 aromatic heterocycles. The van der Waals surface area contributed by atoms with Gasteiger partial charge in [-0.05, 0) is 46.3 Å². The van der Waals surface area contributed by atoms with Crippen LogP contribution in [-0.2, 0) is 9.53 Å². The SMILES string of the molecule is CCCC(NC1CCN(C)CC1)C(=O)OCC. The van der Waals surface area contributed by atoms with Crippen molar-refractivity contribution in [2.45, 2.75) is 51.6 Å². The molecule has 1 unspecified atom stereocenters. The van der Waals surface area contributed by atoms with Crippen molar-refractivity contribution in [3.05, 3.63) is 0 Å². The summed E-state index contributed by atoms with van der Waals surface area (Å²) in [5, 5.41) is 3.46. The minimum Gasteiger partial charge on any atom is -0.465 e. The maximum Gasteiger partial charge on any atom is 0.323 e. The van der Waals surface area contributed by atoms with Gasteiger partial charge >= 0.3 is 5.97 Å². The van der Waals surface area contributed by atoms with E-state index in [4.69, 9.17) is 4.74 Å². The Morgan fingerprint density at radius 1 is 1.41 bits per heavy atom. The summed E-state index contributed by atoms with van der Waals surface area (Å²) < 4.78 is 5.11. The Balaban J connectivity index is 2.40. The van der Waals surface area contributed by atoms with Crippen molar-refractivity contribution in [2.75, 3.05) is 26.7 Å². The summed E-state index contributed by atoms with van der Waals surface area (Å²) in [4.78, 5) is 14.1. The lowest BCUT2D eigenvalue weighted by atomic mass is 10.0. The van der Waals surface area contributed by atoms with E-state index >= 15 is 0 Å². The molecule has 0 amide bonds. The molecule has 0 aromatic carbocycles. The lowest BCUT2D eigenvalue weighted by Gasteiger charge is -2.31. The Morgan fingerprint density at radius 2 is 2.06 bits per heavy atom. The lowest BCUT2D eigenvalue weighted by molar-refractivity contribution is -0.146. The predicted octanol–water partition coefficient (Wildman–Crippen LogP) is 1.40. The molecule has 1 aliphatic heterocycles. The normalized spacial score (nSPS) is 20.2. The summed E-state index contributed by atoms with van der Waals surface area (Å²) in [7, 11) is 2.14. The zero-order valence-corrected chi connectivity index (χ0v) is 11.4. The molecule has 4 heteroatoms. The zero-order chi connectivity index (χ0) is 12.7. The Morgan fingerprint density at radius 3 is 2.59 bits per heavy atom. The van der Waals surface area contributed by atoms with E-state index in [-0.39, 0.29) is 12.0 Å². The van der Waals surface area contributed by atoms with Crippen LogP contribution >= 0.6 is 0 Å². The van der Waals surface area contributed by atoms with Crippen molar-refractivity contribution in [1.82, 2.24) is 10.2 Å². The quantitative estimate of drug-likeness (QED) is 0.715. The molecule has 1 aliphatic rings. The van der Waals surface area contributed by atoms with Crippen molar-refractivity contribution in [3.8, 4) is 0 Å². The van der Waals surface area contributed by atoms with E-state index in [1.165, 1.54) is 0 Å². The molecule has 100 valence electrons. The minimum absolute atomic E-state index is 0.0896. The van der Waals surface area contributed by atoms with Crippen LogP contribution in [0, 0.1) is 0 Å². The summed E-state index contributed by atoms with van der Waals surface area (Å²) in [5.74, 6) is -0.0896. The third-order valence-corrected chi connectivity index (χ3v) is 3.30. The molecule has 1 atom stereocenters. The van der Waals surface area contributed by atoms with Gasteiger partial charge in [0.05, 0.1) is 6.61 Å². The van der Waals surface area contributed by atoms with Gasteiger partial charge in [0.15, 0.2) is 0 Å². The Labute approximate surface area is 105 Å². The van der Waals surface area contributed by atoms with Crippen molar-refractivity contribution < 1.29 is 9.53 Å². The topological polar surface area (TPSA) is 41.6 Å². The van der Waals surface area contributed by atoms with Crippen LogP contribution in [0.25, 0.3) is 0 Å². The fourth-order valence-electron chi connectivity index (χ4n) is 2.26. The number of likely N-dealkylation sites (tertiary alicyclic amines) is 1. The fourth-order valence-corrected chi connectivity index (χ4v) is 2.26. The van der Waals surface area contributed by atoms with Gasteiger partial charge in [0, 0.05) is 6.04 Å². The van der Waals surface area contributed by atoms with E-state index in [1.54, 1.807) is 0 Å². The van der Waals surface area contributed by atoms with Crippen LogP contribution in [0.2, 0.25) is 0 Å². The molecule has 1 heterocycles. The van der Waals surface area contributed by atoms with Crippen LogP contribution in [0.3, 0.4) is 0 Å². The molecule has 0 radical (unpaired) electrons. The van der Waals surface area contributed by atoms with Crippen LogP contribution in [0.4, 0.5) is 0 Å². The van der Waals surface area contributed by atoms with Crippen molar-refractivity contribution in [2.24, 2.45) is 0 Å². The van der Waals surface area contributed by atoms with Gasteiger partial charge in [-0.25, -0.2) is 0 Å². The third kappa shape index (κ3) is 5.04. The second-order valence-corrected chi connectivity index (χ2v) is 4.84. The fraction of sp³-hybridized carbons (Fsp3) is 0.923. The van der Waals surface area contributed by atoms with Crippen LogP contribution in [0.1, 0.15) is 39.5 Å². The minimum atomic E-state index is -0.117. The maximum atomic E-state index is 11.8. The number of carbonyl (C=O) groups is 1. The standard InChI is InChI=1S/C13H26N2O2/c1-4-6-12(13(16)17-5-2)14-11-7-9-15(3)10-8-11/h11-12,14H,4-10H2,1-3H3. The Bertz CT molecular complexity index is 225. The van der Waals surface area contributed by atoms with E-state index in [9.17, 15) is 4.79 Å². The van der Waals surface area contributed by atoms with E-state index in [0.29, 0.717) is 12.6 Å². The maximum absolute atomic E-state index is 11.8. The molecule has 0 saturated carbocycles. The highest BCUT2D eigenvalue weighted by Gasteiger charge is 2.24. The number of esters is 1. The first-order chi connectivity index (χ1) is 8.17. The number of carbonyl (C=O) groups excluding carboxylic acids is 1. The Hall–Kier alpha value is -0.610. The van der Waals surface area contributed by atoms with Crippen LogP contribution < -0.4 is 5.32 Å². The van der Waals surface area contributed by atoms with Gasteiger partial charge in [0.25, 0.3) is 0 Å².